The van der Waals surface area contributed by atoms with Crippen LogP contribution in [0.25, 0.3) is 0 Å². The van der Waals surface area contributed by atoms with Crippen molar-refractivity contribution in [3.8, 4) is 5.75 Å². The minimum atomic E-state index is -4.61. The van der Waals surface area contributed by atoms with Crippen molar-refractivity contribution in [3.05, 3.63) is 74.2 Å². The molecule has 2 aliphatic carbocycles. The Kier molecular flexibility index (Phi) is 7.13. The van der Waals surface area contributed by atoms with Crippen LogP contribution < -0.4 is 14.5 Å². The summed E-state index contributed by atoms with van der Waals surface area (Å²) in [5, 5.41) is 0.631. The topological polar surface area (TPSA) is 99.8 Å². The average Bonchev–Trinajstić information content (AvgIpc) is 3.79. The Morgan fingerprint density at radius 3 is 2.46 bits per heavy atom. The number of nitrogens with one attached hydrogen (secondary N) is 1. The van der Waals surface area contributed by atoms with Gasteiger partial charge < -0.3 is 14.6 Å². The van der Waals surface area contributed by atoms with Crippen molar-refractivity contribution in [2.75, 3.05) is 24.6 Å². The van der Waals surface area contributed by atoms with Crippen LogP contribution >= 0.6 is 23.1 Å². The lowest BCUT2D eigenvalue weighted by atomic mass is 9.68. The van der Waals surface area contributed by atoms with E-state index in [1.54, 1.807) is 0 Å². The van der Waals surface area contributed by atoms with E-state index in [9.17, 15) is 32.3 Å². The van der Waals surface area contributed by atoms with Gasteiger partial charge in [0.15, 0.2) is 6.61 Å². The molecule has 2 saturated carbocycles. The van der Waals surface area contributed by atoms with Crippen molar-refractivity contribution in [1.82, 2.24) is 9.88 Å². The molecule has 1 aromatic heterocycles. The first-order valence-corrected chi connectivity index (χ1v) is 17.3. The van der Waals surface area contributed by atoms with E-state index in [-0.39, 0.29) is 52.0 Å². The second kappa shape index (κ2) is 11.0. The lowest BCUT2D eigenvalue weighted by molar-refractivity contribution is -0.137. The van der Waals surface area contributed by atoms with Crippen LogP contribution in [0.5, 0.6) is 5.75 Å². The number of H-pyrrole nitrogens is 1. The Bertz CT molecular complexity index is 1800. The zero-order chi connectivity index (χ0) is 31.9. The maximum absolute atomic E-state index is 14.0. The van der Waals surface area contributed by atoms with Crippen LogP contribution in [0.1, 0.15) is 47.6 Å². The van der Waals surface area contributed by atoms with E-state index in [0.717, 1.165) is 63.1 Å². The highest BCUT2D eigenvalue weighted by molar-refractivity contribution is 8.00. The molecule has 3 aromatic rings. The van der Waals surface area contributed by atoms with Crippen LogP contribution in [0.2, 0.25) is 0 Å². The second-order valence-electron chi connectivity index (χ2n) is 12.8. The fourth-order valence-corrected chi connectivity index (χ4v) is 11.6. The Morgan fingerprint density at radius 1 is 0.957 bits per heavy atom. The number of para-hydroxylation sites is 1. The van der Waals surface area contributed by atoms with Crippen LogP contribution in [-0.4, -0.2) is 52.6 Å². The molecule has 1 N–H and O–H groups in total. The van der Waals surface area contributed by atoms with Gasteiger partial charge in [-0.25, -0.2) is 0 Å². The number of carbonyl (C=O) groups excluding carboxylic acids is 3. The molecule has 2 bridgehead atoms. The van der Waals surface area contributed by atoms with Gasteiger partial charge in [-0.1, -0.05) is 35.6 Å². The number of likely N-dealkylation sites (tertiary alicyclic amines) is 1. The summed E-state index contributed by atoms with van der Waals surface area (Å²) < 4.78 is 46.8. The van der Waals surface area contributed by atoms with Crippen molar-refractivity contribution in [2.45, 2.75) is 48.1 Å². The number of halogens is 3. The maximum Gasteiger partial charge on any atom is 0.416 e. The predicted molar refractivity (Wildman–Crippen MR) is 165 cm³/mol. The summed E-state index contributed by atoms with van der Waals surface area (Å²) in [6.45, 7) is 1.31. The van der Waals surface area contributed by atoms with Gasteiger partial charge in [0, 0.05) is 34.7 Å². The highest BCUT2D eigenvalue weighted by atomic mass is 32.2. The number of anilines is 1. The lowest BCUT2D eigenvalue weighted by Gasteiger charge is -2.43. The number of thioether (sulfide) groups is 1. The Balaban J connectivity index is 1.14. The summed E-state index contributed by atoms with van der Waals surface area (Å²) in [6.07, 6.45) is -0.933. The molecule has 0 spiro atoms. The van der Waals surface area contributed by atoms with Crippen LogP contribution in [0.15, 0.2) is 58.4 Å². The molecule has 7 atom stereocenters. The first kappa shape index (κ1) is 29.8. The predicted octanol–water partition coefficient (Wildman–Crippen LogP) is 5.52. The molecule has 4 fully saturated rings. The number of imide groups is 1. The van der Waals surface area contributed by atoms with E-state index < -0.39 is 35.4 Å². The molecule has 2 saturated heterocycles. The van der Waals surface area contributed by atoms with Crippen LogP contribution in [0, 0.1) is 29.6 Å². The SMILES string of the molecule is O=C(COc1ccccc1[C@@H]1c2sc(=O)[nH]c2S[C@@H]2[C@@H]3C[C@@H]([C@@H]4C(=O)N(c5cccc(C(F)(F)F)c5)C(=O)[C@@H]34)[C@H]12)N1CCCCC1. The van der Waals surface area contributed by atoms with E-state index in [4.69, 9.17) is 4.74 Å². The fourth-order valence-electron chi connectivity index (χ4n) is 8.68. The molecule has 2 aromatic carbocycles. The van der Waals surface area contributed by atoms with Gasteiger partial charge in [-0.3, -0.25) is 24.1 Å². The first-order valence-electron chi connectivity index (χ1n) is 15.6. The number of rotatable bonds is 5. The number of hydrogen-bond acceptors (Lipinski definition) is 7. The Morgan fingerprint density at radius 2 is 1.70 bits per heavy atom. The summed E-state index contributed by atoms with van der Waals surface area (Å²) in [5.74, 6) is -2.63. The van der Waals surface area contributed by atoms with E-state index in [0.29, 0.717) is 25.3 Å². The zero-order valence-electron chi connectivity index (χ0n) is 24.5. The normalized spacial score (nSPS) is 29.9. The lowest BCUT2D eigenvalue weighted by Crippen LogP contribution is -2.43. The number of piperidine rings is 1. The van der Waals surface area contributed by atoms with Crippen LogP contribution in [0.3, 0.4) is 0 Å². The first-order chi connectivity index (χ1) is 22.1. The number of aromatic nitrogens is 1. The molecule has 0 unspecified atom stereocenters. The summed E-state index contributed by atoms with van der Waals surface area (Å²) >= 11 is 2.65. The van der Waals surface area contributed by atoms with Gasteiger partial charge >= 0.3 is 11.0 Å². The summed E-state index contributed by atoms with van der Waals surface area (Å²) in [6, 6.07) is 11.9. The molecular weight excluding hydrogens is 640 g/mol. The third-order valence-electron chi connectivity index (χ3n) is 10.5. The molecule has 8 rings (SSSR count). The van der Waals surface area contributed by atoms with Crippen LogP contribution in [0.4, 0.5) is 18.9 Å². The highest BCUT2D eigenvalue weighted by Crippen LogP contribution is 2.69. The van der Waals surface area contributed by atoms with Gasteiger partial charge in [-0.2, -0.15) is 13.2 Å². The van der Waals surface area contributed by atoms with E-state index in [2.05, 4.69) is 4.98 Å². The molecular formula is C33H30F3N3O5S2. The molecule has 8 nitrogen and oxygen atoms in total. The largest absolute Gasteiger partial charge is 0.483 e. The Labute approximate surface area is 270 Å². The molecule has 46 heavy (non-hydrogen) atoms. The van der Waals surface area contributed by atoms with E-state index in [1.165, 1.54) is 23.9 Å². The number of fused-ring (bicyclic) bond motifs is 9. The number of alkyl halides is 3. The number of carbonyl (C=O) groups is 3. The van der Waals surface area contributed by atoms with Crippen molar-refractivity contribution in [3.63, 3.8) is 0 Å². The molecule has 240 valence electrons. The van der Waals surface area contributed by atoms with Gasteiger partial charge in [0.2, 0.25) is 11.8 Å². The number of hydrogen-bond donors (Lipinski definition) is 1. The van der Waals surface area contributed by atoms with Crippen molar-refractivity contribution >= 4 is 46.5 Å². The van der Waals surface area contributed by atoms with Gasteiger partial charge in [0.25, 0.3) is 5.91 Å². The van der Waals surface area contributed by atoms with E-state index in [1.807, 2.05) is 29.2 Å². The molecule has 0 radical (unpaired) electrons. The minimum absolute atomic E-state index is 0.0636. The van der Waals surface area contributed by atoms with Gasteiger partial charge in [0.1, 0.15) is 5.75 Å². The quantitative estimate of drug-likeness (QED) is 0.359. The molecule has 4 heterocycles. The van der Waals surface area contributed by atoms with Crippen molar-refractivity contribution < 1.29 is 32.3 Å². The summed E-state index contributed by atoms with van der Waals surface area (Å²) in [7, 11) is 0. The number of nitrogens with zero attached hydrogens (tertiary/aromatic N) is 2. The van der Waals surface area contributed by atoms with Gasteiger partial charge in [-0.15, -0.1) is 11.8 Å². The molecule has 13 heteroatoms. The number of amides is 3. The average molecular weight is 670 g/mol. The third kappa shape index (κ3) is 4.63. The summed E-state index contributed by atoms with van der Waals surface area (Å²) in [4.78, 5) is 59.9. The highest BCUT2D eigenvalue weighted by Gasteiger charge is 2.70. The monoisotopic (exact) mass is 669 g/mol. The molecule has 3 amide bonds. The van der Waals surface area contributed by atoms with Crippen molar-refractivity contribution in [1.29, 1.82) is 0 Å². The molecule has 5 aliphatic rings. The van der Waals surface area contributed by atoms with E-state index >= 15 is 0 Å². The maximum atomic E-state index is 14.0. The van der Waals surface area contributed by atoms with Gasteiger partial charge in [-0.05, 0) is 67.7 Å². The number of ether oxygens (including phenoxy) is 1. The van der Waals surface area contributed by atoms with Gasteiger partial charge in [0.05, 0.1) is 28.1 Å². The summed E-state index contributed by atoms with van der Waals surface area (Å²) in [5.41, 5.74) is -0.165. The molecule has 3 aliphatic heterocycles. The number of aromatic amines is 1. The van der Waals surface area contributed by atoms with Crippen LogP contribution in [-0.2, 0) is 20.6 Å². The number of benzene rings is 2. The smallest absolute Gasteiger partial charge is 0.416 e. The standard InChI is InChI=1S/C33H30F3N3O5S2/c34-33(35,36)16-7-6-8-17(13-16)39-30(41)25-19-14-20(26(25)31(39)42)27-24(19)23(28-29(45-27)37-32(43)46-28)18-9-2-3-10-21(18)44-15-22(40)38-11-4-1-5-12-38/h2-3,6-10,13,19-20,23-27H,1,4-5,11-12,14-15H2,(H,37,43)/t19-,20-,23+,24-,25+,26+,27-/m1/s1. The number of thiazole rings is 1. The Hall–Kier alpha value is -3.58. The zero-order valence-corrected chi connectivity index (χ0v) is 26.1. The second-order valence-corrected chi connectivity index (χ2v) is 15.0. The minimum Gasteiger partial charge on any atom is -0.483 e. The fraction of sp³-hybridized carbons (Fsp3) is 0.455. The third-order valence-corrected chi connectivity index (χ3v) is 13.1. The van der Waals surface area contributed by atoms with Crippen molar-refractivity contribution in [2.24, 2.45) is 29.6 Å².